The maximum Gasteiger partial charge on any atom is 0.123 e. The van der Waals surface area contributed by atoms with Crippen LogP contribution in [0, 0.1) is 5.82 Å². The first-order chi connectivity index (χ1) is 11.7. The van der Waals surface area contributed by atoms with Crippen molar-refractivity contribution in [1.29, 1.82) is 0 Å². The van der Waals surface area contributed by atoms with E-state index in [0.29, 0.717) is 6.04 Å². The van der Waals surface area contributed by atoms with Crippen LogP contribution in [-0.2, 0) is 6.42 Å². The summed E-state index contributed by atoms with van der Waals surface area (Å²) >= 11 is 0. The van der Waals surface area contributed by atoms with E-state index in [2.05, 4.69) is 47.5 Å². The molecule has 2 nitrogen and oxygen atoms in total. The quantitative estimate of drug-likeness (QED) is 0.856. The summed E-state index contributed by atoms with van der Waals surface area (Å²) in [6.45, 7) is 5.61. The number of hydrogen-bond acceptors (Lipinski definition) is 2. The number of nitrogens with zero attached hydrogens (tertiary/aromatic N) is 1. The van der Waals surface area contributed by atoms with Crippen LogP contribution in [0.2, 0.25) is 0 Å². The van der Waals surface area contributed by atoms with Crippen LogP contribution in [0.5, 0.6) is 0 Å². The van der Waals surface area contributed by atoms with Crippen LogP contribution in [0.1, 0.15) is 36.9 Å². The van der Waals surface area contributed by atoms with Gasteiger partial charge in [0.15, 0.2) is 0 Å². The molecule has 1 aliphatic rings. The third kappa shape index (κ3) is 4.89. The van der Waals surface area contributed by atoms with Gasteiger partial charge in [-0.25, -0.2) is 4.39 Å². The van der Waals surface area contributed by atoms with E-state index >= 15 is 0 Å². The first kappa shape index (κ1) is 17.1. The minimum absolute atomic E-state index is 0.169. The number of rotatable bonds is 6. The van der Waals surface area contributed by atoms with Crippen molar-refractivity contribution < 1.29 is 4.39 Å². The molecule has 1 saturated heterocycles. The van der Waals surface area contributed by atoms with Crippen molar-refractivity contribution in [3.05, 3.63) is 71.5 Å². The maximum atomic E-state index is 13.0. The zero-order valence-corrected chi connectivity index (χ0v) is 14.4. The van der Waals surface area contributed by atoms with Crippen LogP contribution in [0.15, 0.2) is 54.6 Å². The van der Waals surface area contributed by atoms with Crippen LogP contribution in [0.25, 0.3) is 0 Å². The standard InChI is InChI=1S/C21H27FN2/c1-17(19-7-9-20(22)10-8-19)23-21-12-15-24(16-13-21)14-11-18-5-3-2-4-6-18/h2-10,17,21,23H,11-16H2,1H3. The second-order valence-corrected chi connectivity index (χ2v) is 6.79. The van der Waals surface area contributed by atoms with Crippen molar-refractivity contribution in [3.63, 3.8) is 0 Å². The molecule has 3 heteroatoms. The predicted octanol–water partition coefficient (Wildman–Crippen LogP) is 4.18. The monoisotopic (exact) mass is 326 g/mol. The van der Waals surface area contributed by atoms with Crippen molar-refractivity contribution in [3.8, 4) is 0 Å². The van der Waals surface area contributed by atoms with E-state index in [1.807, 2.05) is 12.1 Å². The molecule has 1 aliphatic heterocycles. The fourth-order valence-corrected chi connectivity index (χ4v) is 3.46. The van der Waals surface area contributed by atoms with Crippen molar-refractivity contribution in [1.82, 2.24) is 10.2 Å². The third-order valence-electron chi connectivity index (χ3n) is 5.00. The first-order valence-electron chi connectivity index (χ1n) is 8.98. The van der Waals surface area contributed by atoms with Crippen LogP contribution >= 0.6 is 0 Å². The SMILES string of the molecule is CC(NC1CCN(CCc2ccccc2)CC1)c1ccc(F)cc1. The van der Waals surface area contributed by atoms with Gasteiger partial charge in [-0.05, 0) is 62.5 Å². The molecule has 0 aliphatic carbocycles. The normalized spacial score (nSPS) is 17.8. The highest BCUT2D eigenvalue weighted by Gasteiger charge is 2.20. The largest absolute Gasteiger partial charge is 0.307 e. The second kappa shape index (κ2) is 8.41. The molecule has 0 saturated carbocycles. The molecule has 0 amide bonds. The third-order valence-corrected chi connectivity index (χ3v) is 5.00. The Morgan fingerprint density at radius 2 is 1.71 bits per heavy atom. The molecule has 0 aromatic heterocycles. The summed E-state index contributed by atoms with van der Waals surface area (Å²) in [6.07, 6.45) is 3.49. The zero-order valence-electron chi connectivity index (χ0n) is 14.4. The molecule has 0 spiro atoms. The van der Waals surface area contributed by atoms with Crippen molar-refractivity contribution in [2.75, 3.05) is 19.6 Å². The Morgan fingerprint density at radius 1 is 1.04 bits per heavy atom. The lowest BCUT2D eigenvalue weighted by atomic mass is 10.0. The molecule has 24 heavy (non-hydrogen) atoms. The zero-order chi connectivity index (χ0) is 16.8. The molecule has 1 atom stereocenters. The van der Waals surface area contributed by atoms with Gasteiger partial charge in [-0.15, -0.1) is 0 Å². The fraction of sp³-hybridized carbons (Fsp3) is 0.429. The molecule has 3 rings (SSSR count). The lowest BCUT2D eigenvalue weighted by Crippen LogP contribution is -2.43. The van der Waals surface area contributed by atoms with E-state index in [0.717, 1.165) is 31.6 Å². The lowest BCUT2D eigenvalue weighted by Gasteiger charge is -2.34. The number of hydrogen-bond donors (Lipinski definition) is 1. The Kier molecular flexibility index (Phi) is 6.00. The number of nitrogens with one attached hydrogen (secondary N) is 1. The van der Waals surface area contributed by atoms with Gasteiger partial charge >= 0.3 is 0 Å². The van der Waals surface area contributed by atoms with Gasteiger partial charge in [0, 0.05) is 18.6 Å². The molecule has 2 aromatic carbocycles. The van der Waals surface area contributed by atoms with E-state index < -0.39 is 0 Å². The van der Waals surface area contributed by atoms with Gasteiger partial charge in [-0.1, -0.05) is 42.5 Å². The second-order valence-electron chi connectivity index (χ2n) is 6.79. The van der Waals surface area contributed by atoms with Crippen LogP contribution in [0.4, 0.5) is 4.39 Å². The molecule has 0 bridgehead atoms. The molecule has 2 aromatic rings. The van der Waals surface area contributed by atoms with Gasteiger partial charge in [0.1, 0.15) is 5.82 Å². The minimum atomic E-state index is -0.169. The summed E-state index contributed by atoms with van der Waals surface area (Å²) in [5, 5.41) is 3.70. The first-order valence-corrected chi connectivity index (χ1v) is 8.98. The Balaban J connectivity index is 1.41. The molecule has 1 unspecified atom stereocenters. The Labute approximate surface area is 144 Å². The molecule has 128 valence electrons. The van der Waals surface area contributed by atoms with Gasteiger partial charge in [-0.2, -0.15) is 0 Å². The highest BCUT2D eigenvalue weighted by atomic mass is 19.1. The van der Waals surface area contributed by atoms with Gasteiger partial charge in [0.05, 0.1) is 0 Å². The van der Waals surface area contributed by atoms with Gasteiger partial charge in [-0.3, -0.25) is 0 Å². The minimum Gasteiger partial charge on any atom is -0.307 e. The number of benzene rings is 2. The molecule has 1 fully saturated rings. The van der Waals surface area contributed by atoms with E-state index in [1.54, 1.807) is 12.1 Å². The van der Waals surface area contributed by atoms with E-state index in [-0.39, 0.29) is 11.9 Å². The van der Waals surface area contributed by atoms with Gasteiger partial charge in [0.25, 0.3) is 0 Å². The van der Waals surface area contributed by atoms with Crippen molar-refractivity contribution in [2.45, 2.75) is 38.3 Å². The Bertz CT molecular complexity index is 603. The number of halogens is 1. The van der Waals surface area contributed by atoms with Crippen LogP contribution in [0.3, 0.4) is 0 Å². The summed E-state index contributed by atoms with van der Waals surface area (Å²) in [6, 6.07) is 18.4. The fourth-order valence-electron chi connectivity index (χ4n) is 3.46. The molecule has 0 radical (unpaired) electrons. The highest BCUT2D eigenvalue weighted by molar-refractivity contribution is 5.19. The average Bonchev–Trinajstić information content (AvgIpc) is 2.62. The Morgan fingerprint density at radius 3 is 2.38 bits per heavy atom. The van der Waals surface area contributed by atoms with Crippen molar-refractivity contribution in [2.24, 2.45) is 0 Å². The summed E-state index contributed by atoms with van der Waals surface area (Å²) in [7, 11) is 0. The van der Waals surface area contributed by atoms with Crippen molar-refractivity contribution >= 4 is 0 Å². The van der Waals surface area contributed by atoms with Gasteiger partial charge < -0.3 is 10.2 Å². The topological polar surface area (TPSA) is 15.3 Å². The summed E-state index contributed by atoms with van der Waals surface area (Å²) in [5.41, 5.74) is 2.57. The molecular weight excluding hydrogens is 299 g/mol. The lowest BCUT2D eigenvalue weighted by molar-refractivity contribution is 0.194. The van der Waals surface area contributed by atoms with E-state index in [9.17, 15) is 4.39 Å². The maximum absolute atomic E-state index is 13.0. The summed E-state index contributed by atoms with van der Waals surface area (Å²) in [4.78, 5) is 2.56. The van der Waals surface area contributed by atoms with Crippen LogP contribution < -0.4 is 5.32 Å². The van der Waals surface area contributed by atoms with E-state index in [1.165, 1.54) is 18.4 Å². The average molecular weight is 326 g/mol. The number of piperidine rings is 1. The highest BCUT2D eigenvalue weighted by Crippen LogP contribution is 2.18. The predicted molar refractivity (Wildman–Crippen MR) is 97.6 cm³/mol. The van der Waals surface area contributed by atoms with E-state index in [4.69, 9.17) is 0 Å². The smallest absolute Gasteiger partial charge is 0.123 e. The molecular formula is C21H27FN2. The molecule has 1 heterocycles. The summed E-state index contributed by atoms with van der Waals surface area (Å²) in [5.74, 6) is -0.169. The number of likely N-dealkylation sites (tertiary alicyclic amines) is 1. The molecule has 1 N–H and O–H groups in total. The summed E-state index contributed by atoms with van der Waals surface area (Å²) < 4.78 is 13.0. The Hall–Kier alpha value is -1.71. The van der Waals surface area contributed by atoms with Gasteiger partial charge in [0.2, 0.25) is 0 Å². The van der Waals surface area contributed by atoms with Crippen LogP contribution in [-0.4, -0.2) is 30.6 Å².